The third kappa shape index (κ3) is 4.71. The van der Waals surface area contributed by atoms with Gasteiger partial charge in [0.25, 0.3) is 5.91 Å². The van der Waals surface area contributed by atoms with Crippen molar-refractivity contribution in [1.29, 1.82) is 0 Å². The van der Waals surface area contributed by atoms with Gasteiger partial charge in [0.05, 0.1) is 35.5 Å². The monoisotopic (exact) mass is 473 g/mol. The molecule has 1 amide bonds. The minimum atomic E-state index is -0.215. The van der Waals surface area contributed by atoms with E-state index in [1.54, 1.807) is 24.5 Å². The highest BCUT2D eigenvalue weighted by Gasteiger charge is 2.23. The van der Waals surface area contributed by atoms with Crippen LogP contribution in [0, 0.1) is 0 Å². The second-order valence-electron chi connectivity index (χ2n) is 8.26. The summed E-state index contributed by atoms with van der Waals surface area (Å²) < 4.78 is 5.47. The molecule has 1 aliphatic heterocycles. The first-order valence-corrected chi connectivity index (χ1v) is 11.6. The van der Waals surface area contributed by atoms with Gasteiger partial charge in [-0.15, -0.1) is 10.2 Å². The topological polar surface area (TPSA) is 80.2 Å². The molecule has 7 nitrogen and oxygen atoms in total. The van der Waals surface area contributed by atoms with Gasteiger partial charge >= 0.3 is 0 Å². The highest BCUT2D eigenvalue weighted by atomic mass is 35.5. The van der Waals surface area contributed by atoms with Crippen LogP contribution in [0.5, 0.6) is 0 Å². The standard InChI is InChI=1S/C26H24ClN5O2/c1-17(19-7-6-18-4-2-3-5-20(18)12-19)29-26(33)23-14-24(21-13-22(27)16-28-15-21)30-31-25(23)32-8-10-34-11-9-32/h2-7,12-17H,8-11H2,1H3,(H,29,33). The molecule has 0 bridgehead atoms. The number of aromatic nitrogens is 3. The zero-order valence-corrected chi connectivity index (χ0v) is 19.5. The Kier molecular flexibility index (Phi) is 6.38. The first kappa shape index (κ1) is 22.3. The smallest absolute Gasteiger partial charge is 0.255 e. The van der Waals surface area contributed by atoms with Crippen molar-refractivity contribution in [2.45, 2.75) is 13.0 Å². The Morgan fingerprint density at radius 1 is 1.03 bits per heavy atom. The molecule has 5 rings (SSSR count). The van der Waals surface area contributed by atoms with Crippen LogP contribution in [0.15, 0.2) is 67.0 Å². The summed E-state index contributed by atoms with van der Waals surface area (Å²) >= 11 is 6.12. The first-order chi connectivity index (χ1) is 16.6. The lowest BCUT2D eigenvalue weighted by molar-refractivity contribution is 0.0937. The Morgan fingerprint density at radius 3 is 2.62 bits per heavy atom. The molecule has 8 heteroatoms. The summed E-state index contributed by atoms with van der Waals surface area (Å²) in [6.45, 7) is 4.43. The quantitative estimate of drug-likeness (QED) is 0.453. The van der Waals surface area contributed by atoms with Crippen LogP contribution >= 0.6 is 11.6 Å². The number of rotatable bonds is 5. The number of amides is 1. The molecule has 0 spiro atoms. The van der Waals surface area contributed by atoms with Crippen LogP contribution < -0.4 is 10.2 Å². The van der Waals surface area contributed by atoms with Gasteiger partial charge in [-0.05, 0) is 41.5 Å². The third-order valence-electron chi connectivity index (χ3n) is 5.95. The van der Waals surface area contributed by atoms with Crippen LogP contribution in [0.4, 0.5) is 5.82 Å². The molecule has 0 aliphatic carbocycles. The molecular formula is C26H24ClN5O2. The lowest BCUT2D eigenvalue weighted by atomic mass is 10.0. The number of ether oxygens (including phenoxy) is 1. The predicted octanol–water partition coefficient (Wildman–Crippen LogP) is 4.67. The molecular weight excluding hydrogens is 450 g/mol. The van der Waals surface area contributed by atoms with Crippen molar-refractivity contribution in [1.82, 2.24) is 20.5 Å². The Balaban J connectivity index is 1.47. The number of hydrogen-bond donors (Lipinski definition) is 1. The predicted molar refractivity (Wildman–Crippen MR) is 133 cm³/mol. The van der Waals surface area contributed by atoms with Crippen LogP contribution in [-0.4, -0.2) is 47.4 Å². The molecule has 172 valence electrons. The summed E-state index contributed by atoms with van der Waals surface area (Å²) in [6.07, 6.45) is 3.21. The molecule has 1 saturated heterocycles. The normalized spacial score (nSPS) is 14.7. The van der Waals surface area contributed by atoms with Gasteiger partial charge in [0.2, 0.25) is 0 Å². The minimum Gasteiger partial charge on any atom is -0.378 e. The van der Waals surface area contributed by atoms with Gasteiger partial charge in [-0.1, -0.05) is 48.0 Å². The molecule has 2 aromatic carbocycles. The lowest BCUT2D eigenvalue weighted by Gasteiger charge is -2.29. The van der Waals surface area contributed by atoms with Crippen molar-refractivity contribution in [3.05, 3.63) is 83.1 Å². The Morgan fingerprint density at radius 2 is 1.82 bits per heavy atom. The summed E-state index contributed by atoms with van der Waals surface area (Å²) in [4.78, 5) is 19.7. The number of benzene rings is 2. The average molecular weight is 474 g/mol. The molecule has 4 aromatic rings. The first-order valence-electron chi connectivity index (χ1n) is 11.2. The van der Waals surface area contributed by atoms with Crippen molar-refractivity contribution >= 4 is 34.1 Å². The Hall–Kier alpha value is -3.55. The Bertz CT molecular complexity index is 1340. The van der Waals surface area contributed by atoms with Gasteiger partial charge in [0.15, 0.2) is 5.82 Å². The van der Waals surface area contributed by atoms with E-state index in [1.807, 2.05) is 30.0 Å². The summed E-state index contributed by atoms with van der Waals surface area (Å²) in [5, 5.41) is 14.7. The molecule has 1 aliphatic rings. The number of pyridine rings is 1. The number of morpholine rings is 1. The number of nitrogens with zero attached hydrogens (tertiary/aromatic N) is 4. The molecule has 0 saturated carbocycles. The zero-order valence-electron chi connectivity index (χ0n) is 18.7. The molecule has 34 heavy (non-hydrogen) atoms. The lowest BCUT2D eigenvalue weighted by Crippen LogP contribution is -2.39. The van der Waals surface area contributed by atoms with Crippen LogP contribution in [0.3, 0.4) is 0 Å². The molecule has 0 radical (unpaired) electrons. The molecule has 1 fully saturated rings. The average Bonchev–Trinajstić information content (AvgIpc) is 2.88. The van der Waals surface area contributed by atoms with E-state index in [-0.39, 0.29) is 11.9 Å². The van der Waals surface area contributed by atoms with E-state index in [1.165, 1.54) is 0 Å². The molecule has 1 N–H and O–H groups in total. The highest BCUT2D eigenvalue weighted by molar-refractivity contribution is 6.30. The summed E-state index contributed by atoms with van der Waals surface area (Å²) in [6, 6.07) is 17.7. The maximum atomic E-state index is 13.5. The third-order valence-corrected chi connectivity index (χ3v) is 6.16. The molecule has 1 unspecified atom stereocenters. The highest BCUT2D eigenvalue weighted by Crippen LogP contribution is 2.26. The van der Waals surface area contributed by atoms with E-state index in [4.69, 9.17) is 16.3 Å². The second kappa shape index (κ2) is 9.75. The van der Waals surface area contributed by atoms with Gasteiger partial charge in [-0.25, -0.2) is 0 Å². The van der Waals surface area contributed by atoms with Crippen LogP contribution in [0.25, 0.3) is 22.0 Å². The largest absolute Gasteiger partial charge is 0.378 e. The number of nitrogens with one attached hydrogen (secondary N) is 1. The van der Waals surface area contributed by atoms with Crippen LogP contribution in [0.1, 0.15) is 28.9 Å². The van der Waals surface area contributed by atoms with Crippen molar-refractivity contribution in [3.63, 3.8) is 0 Å². The fraction of sp³-hybridized carbons (Fsp3) is 0.231. The Labute approximate surface area is 202 Å². The van der Waals surface area contributed by atoms with Gasteiger partial charge in [-0.2, -0.15) is 0 Å². The van der Waals surface area contributed by atoms with Crippen LogP contribution in [0.2, 0.25) is 5.02 Å². The van der Waals surface area contributed by atoms with E-state index >= 15 is 0 Å². The fourth-order valence-corrected chi connectivity index (χ4v) is 4.26. The maximum absolute atomic E-state index is 13.5. The van der Waals surface area contributed by atoms with Crippen molar-refractivity contribution in [2.24, 2.45) is 0 Å². The fourth-order valence-electron chi connectivity index (χ4n) is 4.09. The maximum Gasteiger partial charge on any atom is 0.255 e. The summed E-state index contributed by atoms with van der Waals surface area (Å²) in [5.74, 6) is 0.332. The molecule has 3 heterocycles. The molecule has 2 aromatic heterocycles. The second-order valence-corrected chi connectivity index (χ2v) is 8.70. The number of halogens is 1. The molecule has 1 atom stereocenters. The van der Waals surface area contributed by atoms with E-state index in [0.717, 1.165) is 16.3 Å². The van der Waals surface area contributed by atoms with Gasteiger partial charge < -0.3 is 15.0 Å². The van der Waals surface area contributed by atoms with Crippen molar-refractivity contribution in [2.75, 3.05) is 31.2 Å². The van der Waals surface area contributed by atoms with Gasteiger partial charge in [0, 0.05) is 31.0 Å². The van der Waals surface area contributed by atoms with E-state index in [0.29, 0.717) is 54.0 Å². The number of carbonyl (C=O) groups is 1. The van der Waals surface area contributed by atoms with Gasteiger partial charge in [0.1, 0.15) is 0 Å². The van der Waals surface area contributed by atoms with Crippen LogP contribution in [-0.2, 0) is 4.74 Å². The number of hydrogen-bond acceptors (Lipinski definition) is 6. The summed E-state index contributed by atoms with van der Waals surface area (Å²) in [5.41, 5.74) is 2.72. The van der Waals surface area contributed by atoms with E-state index in [2.05, 4.69) is 44.8 Å². The van der Waals surface area contributed by atoms with E-state index in [9.17, 15) is 4.79 Å². The number of fused-ring (bicyclic) bond motifs is 1. The van der Waals surface area contributed by atoms with Crippen molar-refractivity contribution in [3.8, 4) is 11.3 Å². The number of anilines is 1. The number of carbonyl (C=O) groups excluding carboxylic acids is 1. The summed E-state index contributed by atoms with van der Waals surface area (Å²) in [7, 11) is 0. The van der Waals surface area contributed by atoms with Gasteiger partial charge in [-0.3, -0.25) is 9.78 Å². The van der Waals surface area contributed by atoms with Crippen molar-refractivity contribution < 1.29 is 9.53 Å². The zero-order chi connectivity index (χ0) is 23.5. The minimum absolute atomic E-state index is 0.195. The van der Waals surface area contributed by atoms with E-state index < -0.39 is 0 Å². The SMILES string of the molecule is CC(NC(=O)c1cc(-c2cncc(Cl)c2)nnc1N1CCOCC1)c1ccc2ccccc2c1.